The molecule has 0 aromatic rings. The molecule has 2 atom stereocenters. The molecule has 0 aromatic carbocycles. The van der Waals surface area contributed by atoms with Gasteiger partial charge >= 0.3 is 0 Å². The molecule has 0 aliphatic carbocycles. The van der Waals surface area contributed by atoms with Gasteiger partial charge in [-0.15, -0.1) is 0 Å². The predicted molar refractivity (Wildman–Crippen MR) is 66.7 cm³/mol. The third kappa shape index (κ3) is 10.6. The Morgan fingerprint density at radius 1 is 1.00 bits per heavy atom. The number of rotatable bonds is 11. The van der Waals surface area contributed by atoms with E-state index in [4.69, 9.17) is 4.18 Å². The minimum Gasteiger partial charge on any atom is -0.750 e. The van der Waals surface area contributed by atoms with Crippen LogP contribution in [0.4, 0.5) is 0 Å². The van der Waals surface area contributed by atoms with Gasteiger partial charge in [-0.1, -0.05) is 58.8 Å². The molecule has 0 fully saturated rings. The van der Waals surface area contributed by atoms with Crippen LogP contribution in [0, 0.1) is 0 Å². The molecular formula is C12H25O3S-. The van der Waals surface area contributed by atoms with Crippen LogP contribution in [0.2, 0.25) is 0 Å². The van der Waals surface area contributed by atoms with Crippen molar-refractivity contribution < 1.29 is 12.9 Å². The Morgan fingerprint density at radius 3 is 2.19 bits per heavy atom. The molecule has 0 aliphatic heterocycles. The summed E-state index contributed by atoms with van der Waals surface area (Å²) in [5, 5.41) is 0. The van der Waals surface area contributed by atoms with E-state index in [-0.39, 0.29) is 6.10 Å². The van der Waals surface area contributed by atoms with Crippen molar-refractivity contribution in [3.05, 3.63) is 0 Å². The summed E-state index contributed by atoms with van der Waals surface area (Å²) in [7, 11) is 0. The van der Waals surface area contributed by atoms with E-state index in [1.165, 1.54) is 32.1 Å². The van der Waals surface area contributed by atoms with Gasteiger partial charge in [0.1, 0.15) is 0 Å². The summed E-state index contributed by atoms with van der Waals surface area (Å²) in [5.74, 6) is 0. The van der Waals surface area contributed by atoms with Gasteiger partial charge in [0.25, 0.3) is 0 Å². The van der Waals surface area contributed by atoms with Crippen molar-refractivity contribution in [3.63, 3.8) is 0 Å². The lowest BCUT2D eigenvalue weighted by Gasteiger charge is -2.17. The predicted octanol–water partition coefficient (Wildman–Crippen LogP) is 3.72. The topological polar surface area (TPSA) is 49.4 Å². The summed E-state index contributed by atoms with van der Waals surface area (Å²) in [4.78, 5) is 0. The highest BCUT2D eigenvalue weighted by Gasteiger charge is 2.08. The number of hydrogen-bond donors (Lipinski definition) is 0. The second-order valence-corrected chi connectivity index (χ2v) is 4.87. The van der Waals surface area contributed by atoms with Gasteiger partial charge in [-0.3, -0.25) is 4.18 Å². The van der Waals surface area contributed by atoms with Crippen molar-refractivity contribution in [1.29, 1.82) is 0 Å². The Hall–Kier alpha value is 0.0700. The molecule has 0 N–H and O–H groups in total. The first-order valence-electron chi connectivity index (χ1n) is 6.47. The maximum Gasteiger partial charge on any atom is 0.0844 e. The average molecular weight is 249 g/mol. The van der Waals surface area contributed by atoms with Crippen LogP contribution in [-0.4, -0.2) is 14.9 Å². The Labute approximate surface area is 102 Å². The van der Waals surface area contributed by atoms with Crippen LogP contribution < -0.4 is 0 Å². The van der Waals surface area contributed by atoms with Crippen LogP contribution in [0.15, 0.2) is 0 Å². The normalized spacial score (nSPS) is 14.9. The Kier molecular flexibility index (Phi) is 11.6. The van der Waals surface area contributed by atoms with E-state index in [0.717, 1.165) is 25.7 Å². The van der Waals surface area contributed by atoms with E-state index < -0.39 is 11.4 Å². The van der Waals surface area contributed by atoms with E-state index in [9.17, 15) is 8.76 Å². The second-order valence-electron chi connectivity index (χ2n) is 4.27. The maximum absolute atomic E-state index is 10.4. The summed E-state index contributed by atoms with van der Waals surface area (Å²) >= 11 is -2.36. The number of unbranched alkanes of at least 4 members (excludes halogenated alkanes) is 5. The lowest BCUT2D eigenvalue weighted by Crippen LogP contribution is -2.14. The zero-order valence-corrected chi connectivity index (χ0v) is 11.4. The highest BCUT2D eigenvalue weighted by Crippen LogP contribution is 2.14. The molecule has 16 heavy (non-hydrogen) atoms. The van der Waals surface area contributed by atoms with E-state index in [0.29, 0.717) is 0 Å². The van der Waals surface area contributed by atoms with Crippen LogP contribution in [-0.2, 0) is 15.5 Å². The first kappa shape index (κ1) is 16.1. The molecule has 3 nitrogen and oxygen atoms in total. The quantitative estimate of drug-likeness (QED) is 0.414. The Morgan fingerprint density at radius 2 is 1.62 bits per heavy atom. The van der Waals surface area contributed by atoms with Crippen LogP contribution >= 0.6 is 0 Å². The molecule has 0 saturated carbocycles. The highest BCUT2D eigenvalue weighted by molar-refractivity contribution is 7.74. The SMILES string of the molecule is CCCCCCCCC(CCC)OS(=O)[O-]. The van der Waals surface area contributed by atoms with Gasteiger partial charge in [-0.05, 0) is 12.8 Å². The minimum absolute atomic E-state index is 0.102. The molecule has 0 radical (unpaired) electrons. The van der Waals surface area contributed by atoms with Gasteiger partial charge in [0.05, 0.1) is 17.5 Å². The summed E-state index contributed by atoms with van der Waals surface area (Å²) in [5.41, 5.74) is 0. The fourth-order valence-corrected chi connectivity index (χ4v) is 2.24. The summed E-state index contributed by atoms with van der Waals surface area (Å²) in [6.45, 7) is 4.25. The van der Waals surface area contributed by atoms with E-state index >= 15 is 0 Å². The van der Waals surface area contributed by atoms with Crippen molar-refractivity contribution in [3.8, 4) is 0 Å². The summed E-state index contributed by atoms with van der Waals surface area (Å²) in [6, 6.07) is 0. The molecule has 0 heterocycles. The van der Waals surface area contributed by atoms with Gasteiger partial charge < -0.3 is 4.55 Å². The van der Waals surface area contributed by atoms with E-state index in [1.807, 2.05) is 6.92 Å². The first-order valence-corrected chi connectivity index (χ1v) is 7.47. The molecule has 0 aromatic heterocycles. The van der Waals surface area contributed by atoms with Crippen molar-refractivity contribution >= 4 is 11.4 Å². The van der Waals surface area contributed by atoms with Gasteiger partial charge in [0.2, 0.25) is 0 Å². The summed E-state index contributed by atoms with van der Waals surface area (Å²) < 4.78 is 25.7. The molecule has 4 heteroatoms. The third-order valence-corrected chi connectivity index (χ3v) is 3.13. The molecule has 98 valence electrons. The molecule has 0 bridgehead atoms. The van der Waals surface area contributed by atoms with Crippen LogP contribution in [0.3, 0.4) is 0 Å². The molecular weight excluding hydrogens is 224 g/mol. The van der Waals surface area contributed by atoms with Gasteiger partial charge in [-0.2, -0.15) is 0 Å². The fraction of sp³-hybridized carbons (Fsp3) is 1.00. The standard InChI is InChI=1S/C12H26O3S/c1-3-5-6-7-8-9-11-12(10-4-2)15-16(13)14/h12H,3-11H2,1-2H3,(H,13,14)/p-1. The summed E-state index contributed by atoms with van der Waals surface area (Å²) in [6.07, 6.45) is 9.96. The molecule has 0 aliphatic rings. The first-order chi connectivity index (χ1) is 7.70. The fourth-order valence-electron chi connectivity index (χ4n) is 1.83. The van der Waals surface area contributed by atoms with Crippen molar-refractivity contribution in [2.75, 3.05) is 0 Å². The maximum atomic E-state index is 10.4. The molecule has 0 amide bonds. The monoisotopic (exact) mass is 249 g/mol. The largest absolute Gasteiger partial charge is 0.750 e. The lowest BCUT2D eigenvalue weighted by atomic mass is 10.0. The molecule has 2 unspecified atom stereocenters. The zero-order valence-electron chi connectivity index (χ0n) is 10.6. The molecule has 0 spiro atoms. The second kappa shape index (κ2) is 11.6. The van der Waals surface area contributed by atoms with Crippen LogP contribution in [0.1, 0.15) is 71.6 Å². The van der Waals surface area contributed by atoms with Crippen molar-refractivity contribution in [2.24, 2.45) is 0 Å². The van der Waals surface area contributed by atoms with Gasteiger partial charge in [0, 0.05) is 0 Å². The van der Waals surface area contributed by atoms with Crippen molar-refractivity contribution in [2.45, 2.75) is 77.7 Å². The van der Waals surface area contributed by atoms with E-state index in [2.05, 4.69) is 6.92 Å². The number of hydrogen-bond acceptors (Lipinski definition) is 3. The van der Waals surface area contributed by atoms with E-state index in [1.54, 1.807) is 0 Å². The molecule has 0 saturated heterocycles. The Balaban J connectivity index is 3.47. The average Bonchev–Trinajstić information content (AvgIpc) is 2.22. The van der Waals surface area contributed by atoms with Crippen molar-refractivity contribution in [1.82, 2.24) is 0 Å². The molecule has 0 rings (SSSR count). The third-order valence-electron chi connectivity index (χ3n) is 2.70. The van der Waals surface area contributed by atoms with Crippen LogP contribution in [0.25, 0.3) is 0 Å². The lowest BCUT2D eigenvalue weighted by molar-refractivity contribution is 0.176. The smallest absolute Gasteiger partial charge is 0.0844 e. The zero-order chi connectivity index (χ0) is 12.2. The van der Waals surface area contributed by atoms with Crippen LogP contribution in [0.5, 0.6) is 0 Å². The minimum atomic E-state index is -2.36. The Bertz CT molecular complexity index is 174. The highest BCUT2D eigenvalue weighted by atomic mass is 32.2. The van der Waals surface area contributed by atoms with Gasteiger partial charge in [0.15, 0.2) is 0 Å². The van der Waals surface area contributed by atoms with Gasteiger partial charge in [-0.25, -0.2) is 4.21 Å².